The van der Waals surface area contributed by atoms with Crippen LogP contribution >= 0.6 is 0 Å². The van der Waals surface area contributed by atoms with Gasteiger partial charge in [-0.1, -0.05) is 134 Å². The van der Waals surface area contributed by atoms with Crippen molar-refractivity contribution in [1.82, 2.24) is 0 Å². The van der Waals surface area contributed by atoms with Gasteiger partial charge in [0.25, 0.3) is 6.71 Å². The van der Waals surface area contributed by atoms with Crippen LogP contribution in [0.2, 0.25) is 0 Å². The molecular weight excluding hydrogens is 747 g/mol. The lowest BCUT2D eigenvalue weighted by Crippen LogP contribution is -2.62. The molecule has 2 aliphatic heterocycles. The quantitative estimate of drug-likeness (QED) is 0.160. The molecule has 0 amide bonds. The highest BCUT2D eigenvalue weighted by Gasteiger charge is 2.49. The Morgan fingerprint density at radius 1 is 0.468 bits per heavy atom. The Morgan fingerprint density at radius 2 is 0.871 bits per heavy atom. The average Bonchev–Trinajstić information content (AvgIpc) is 3.47. The van der Waals surface area contributed by atoms with Gasteiger partial charge < -0.3 is 9.80 Å². The molecule has 3 aliphatic carbocycles. The van der Waals surface area contributed by atoms with Gasteiger partial charge in [-0.05, 0) is 193 Å². The highest BCUT2D eigenvalue weighted by Crippen LogP contribution is 2.56. The zero-order valence-electron chi connectivity index (χ0n) is 44.2. The molecule has 5 aromatic carbocycles. The predicted molar refractivity (Wildman–Crippen MR) is 270 cm³/mol. The number of benzene rings is 5. The smallest absolute Gasteiger partial charge is 0.252 e. The third-order valence-electron chi connectivity index (χ3n) is 16.7. The summed E-state index contributed by atoms with van der Waals surface area (Å²) >= 11 is 0. The maximum absolute atomic E-state index is 9.15. The maximum atomic E-state index is 9.15. The van der Waals surface area contributed by atoms with Crippen LogP contribution in [0, 0.1) is 20.7 Å². The summed E-state index contributed by atoms with van der Waals surface area (Å²) in [5.41, 5.74) is 22.9. The van der Waals surface area contributed by atoms with E-state index in [1.165, 1.54) is 72.1 Å². The minimum atomic E-state index is -2.34. The van der Waals surface area contributed by atoms with E-state index in [4.69, 9.17) is 4.11 Å². The summed E-state index contributed by atoms with van der Waals surface area (Å²) in [7, 11) is 0. The fraction of sp³-hybridized carbons (Fsp3) is 0.492. The molecule has 2 heterocycles. The molecule has 0 fully saturated rings. The lowest BCUT2D eigenvalue weighted by atomic mass is 9.33. The molecule has 0 atom stereocenters. The van der Waals surface area contributed by atoms with Crippen LogP contribution in [0.1, 0.15) is 189 Å². The summed E-state index contributed by atoms with van der Waals surface area (Å²) in [6.45, 7) is 38.0. The minimum Gasteiger partial charge on any atom is -0.311 e. The van der Waals surface area contributed by atoms with E-state index < -0.39 is 6.85 Å². The highest BCUT2D eigenvalue weighted by atomic mass is 15.2. The third-order valence-corrected chi connectivity index (χ3v) is 16.7. The Hall–Kier alpha value is -4.24. The van der Waals surface area contributed by atoms with E-state index in [1.54, 1.807) is 0 Å². The highest BCUT2D eigenvalue weighted by molar-refractivity contribution is 7.00. The maximum Gasteiger partial charge on any atom is 0.252 e. The van der Waals surface area contributed by atoms with Crippen molar-refractivity contribution in [3.8, 4) is 0 Å². The lowest BCUT2D eigenvalue weighted by Gasteiger charge is -2.48. The van der Waals surface area contributed by atoms with Crippen LogP contribution in [0.25, 0.3) is 0 Å². The molecule has 62 heavy (non-hydrogen) atoms. The molecule has 0 N–H and O–H groups in total. The normalized spacial score (nSPS) is 22.1. The van der Waals surface area contributed by atoms with Crippen molar-refractivity contribution in [3.05, 3.63) is 122 Å². The summed E-state index contributed by atoms with van der Waals surface area (Å²) in [6, 6.07) is 26.3. The van der Waals surface area contributed by atoms with Crippen molar-refractivity contribution < 1.29 is 4.11 Å². The lowest BCUT2D eigenvalue weighted by molar-refractivity contribution is 0.332. The summed E-state index contributed by atoms with van der Waals surface area (Å²) in [6.07, 6.45) is 4.39. The van der Waals surface area contributed by atoms with Crippen molar-refractivity contribution in [2.45, 2.75) is 188 Å². The van der Waals surface area contributed by atoms with Crippen molar-refractivity contribution in [3.63, 3.8) is 0 Å². The molecule has 2 nitrogen and oxygen atoms in total. The van der Waals surface area contributed by atoms with Crippen LogP contribution in [0.3, 0.4) is 0 Å². The summed E-state index contributed by atoms with van der Waals surface area (Å²) in [4.78, 5) is 4.99. The van der Waals surface area contributed by atoms with Gasteiger partial charge in [-0.15, -0.1) is 0 Å². The van der Waals surface area contributed by atoms with Gasteiger partial charge in [-0.2, -0.15) is 0 Å². The standard InChI is InChI=1S/C59H73BN2/c1-34-23-50-52-51(24-34)62(48-30-43-39(26-36(48)3)57(13,14)33-59(43,17)18)49-31-41-40(54(7,8)21-22-55(41,9)10)28-45(49)60(52)44-27-37(53(4,5)6)19-20-46(44)61(50)47-29-42-38(25-35(47)2)56(11,12)32-58(42,15)16/h19-20,23-31H,21-22,32-33H2,1-18H3/i1D3. The topological polar surface area (TPSA) is 6.48 Å². The van der Waals surface area contributed by atoms with E-state index in [0.29, 0.717) is 5.56 Å². The second-order valence-electron chi connectivity index (χ2n) is 25.5. The number of fused-ring (bicyclic) bond motifs is 7. The molecule has 0 radical (unpaired) electrons. The molecule has 0 unspecified atom stereocenters. The van der Waals surface area contributed by atoms with E-state index in [1.807, 2.05) is 6.07 Å². The predicted octanol–water partition coefficient (Wildman–Crippen LogP) is 14.3. The van der Waals surface area contributed by atoms with Gasteiger partial charge in [-0.3, -0.25) is 0 Å². The number of hydrogen-bond donors (Lipinski definition) is 0. The second kappa shape index (κ2) is 12.5. The Morgan fingerprint density at radius 3 is 1.34 bits per heavy atom. The monoisotopic (exact) mass is 824 g/mol. The summed E-state index contributed by atoms with van der Waals surface area (Å²) < 4.78 is 27.5. The first-order valence-corrected chi connectivity index (χ1v) is 23.7. The van der Waals surface area contributed by atoms with E-state index in [0.717, 1.165) is 54.1 Å². The van der Waals surface area contributed by atoms with Crippen molar-refractivity contribution >= 4 is 57.2 Å². The Labute approximate surface area is 380 Å². The van der Waals surface area contributed by atoms with Gasteiger partial charge in [0.1, 0.15) is 0 Å². The van der Waals surface area contributed by atoms with Crippen LogP contribution in [-0.2, 0) is 37.9 Å². The minimum absolute atomic E-state index is 0.00305. The van der Waals surface area contributed by atoms with Crippen molar-refractivity contribution in [2.24, 2.45) is 0 Å². The second-order valence-corrected chi connectivity index (χ2v) is 25.5. The van der Waals surface area contributed by atoms with Crippen LogP contribution in [0.4, 0.5) is 34.1 Å². The zero-order chi connectivity index (χ0) is 47.3. The number of rotatable bonds is 2. The molecule has 322 valence electrons. The van der Waals surface area contributed by atoms with Crippen LogP contribution in [-0.4, -0.2) is 6.71 Å². The molecule has 0 aromatic heterocycles. The molecule has 0 saturated heterocycles. The van der Waals surface area contributed by atoms with E-state index >= 15 is 0 Å². The zero-order valence-corrected chi connectivity index (χ0v) is 41.2. The van der Waals surface area contributed by atoms with Gasteiger partial charge in [0, 0.05) is 38.2 Å². The molecule has 0 saturated carbocycles. The molecule has 10 rings (SSSR count). The SMILES string of the molecule is [2H]C([2H])([2H])c1cc2c3c(c1)N(c1cc4c(cc1C)C(C)(C)CC4(C)C)c1cc4c(cc1B3c1cc(C(C)(C)C)ccc1N2c1cc2c(cc1C)C(C)(C)CC2(C)C)C(C)(C)CCC4(C)C. The molecular formula is C59H73BN2. The number of nitrogens with zero attached hydrogens (tertiary/aromatic N) is 2. The summed E-state index contributed by atoms with van der Waals surface area (Å²) in [5.74, 6) is 0. The molecule has 0 spiro atoms. The number of aryl methyl sites for hydroxylation is 3. The van der Waals surface area contributed by atoms with Gasteiger partial charge in [0.15, 0.2) is 0 Å². The Balaban J connectivity index is 1.38. The molecule has 0 bridgehead atoms. The Kier molecular flexibility index (Phi) is 7.72. The van der Waals surface area contributed by atoms with Gasteiger partial charge in [0.2, 0.25) is 0 Å². The largest absolute Gasteiger partial charge is 0.311 e. The molecule has 3 heteroatoms. The number of hydrogen-bond acceptors (Lipinski definition) is 2. The number of anilines is 6. The van der Waals surface area contributed by atoms with Gasteiger partial charge in [-0.25, -0.2) is 0 Å². The Bertz CT molecular complexity index is 2900. The average molecular weight is 824 g/mol. The fourth-order valence-corrected chi connectivity index (χ4v) is 13.8. The fourth-order valence-electron chi connectivity index (χ4n) is 13.8. The van der Waals surface area contributed by atoms with E-state index in [9.17, 15) is 0 Å². The first-order valence-electron chi connectivity index (χ1n) is 25.2. The van der Waals surface area contributed by atoms with E-state index in [2.05, 4.69) is 188 Å². The van der Waals surface area contributed by atoms with Crippen LogP contribution < -0.4 is 26.2 Å². The molecule has 5 aliphatic rings. The van der Waals surface area contributed by atoms with Gasteiger partial charge >= 0.3 is 0 Å². The van der Waals surface area contributed by atoms with Crippen LogP contribution in [0.5, 0.6) is 0 Å². The van der Waals surface area contributed by atoms with Crippen LogP contribution in [0.15, 0.2) is 66.7 Å². The van der Waals surface area contributed by atoms with Crippen molar-refractivity contribution in [2.75, 3.05) is 9.80 Å². The first-order chi connectivity index (χ1) is 29.8. The third kappa shape index (κ3) is 5.80. The van der Waals surface area contributed by atoms with Gasteiger partial charge in [0.05, 0.1) is 0 Å². The van der Waals surface area contributed by atoms with E-state index in [-0.39, 0.29) is 44.6 Å². The molecule has 5 aromatic rings. The summed E-state index contributed by atoms with van der Waals surface area (Å²) in [5, 5.41) is 0. The van der Waals surface area contributed by atoms with Crippen molar-refractivity contribution in [1.29, 1.82) is 0 Å². The first kappa shape index (κ1) is 38.2.